The largest absolute Gasteiger partial charge is 0.346 e. The van der Waals surface area contributed by atoms with Crippen LogP contribution in [0.5, 0.6) is 0 Å². The first-order chi connectivity index (χ1) is 6.63. The Morgan fingerprint density at radius 1 is 1.64 bits per heavy atom. The summed E-state index contributed by atoms with van der Waals surface area (Å²) in [6.07, 6.45) is 1.27. The summed E-state index contributed by atoms with van der Waals surface area (Å²) in [7, 11) is 0. The van der Waals surface area contributed by atoms with Crippen molar-refractivity contribution in [3.8, 4) is 0 Å². The molecule has 0 aliphatic rings. The van der Waals surface area contributed by atoms with Crippen LogP contribution in [0.15, 0.2) is 41.4 Å². The summed E-state index contributed by atoms with van der Waals surface area (Å²) in [4.78, 5) is 11.0. The summed E-state index contributed by atoms with van der Waals surface area (Å²) in [5.41, 5.74) is 1.06. The highest BCUT2D eigenvalue weighted by Gasteiger charge is 2.06. The quantitative estimate of drug-likeness (QED) is 0.825. The molecular formula is C11H12BrNO. The molecule has 0 aliphatic heterocycles. The van der Waals surface area contributed by atoms with Crippen molar-refractivity contribution in [2.45, 2.75) is 13.0 Å². The van der Waals surface area contributed by atoms with Gasteiger partial charge in [0, 0.05) is 4.47 Å². The number of hydrogen-bond acceptors (Lipinski definition) is 1. The van der Waals surface area contributed by atoms with Crippen molar-refractivity contribution >= 4 is 21.8 Å². The van der Waals surface area contributed by atoms with Crippen LogP contribution in [0.3, 0.4) is 0 Å². The second kappa shape index (κ2) is 4.96. The van der Waals surface area contributed by atoms with Gasteiger partial charge in [-0.2, -0.15) is 0 Å². The van der Waals surface area contributed by atoms with Gasteiger partial charge in [0.1, 0.15) is 0 Å². The Hall–Kier alpha value is -1.09. The number of nitrogens with one attached hydrogen (secondary N) is 1. The third kappa shape index (κ3) is 3.00. The van der Waals surface area contributed by atoms with Crippen molar-refractivity contribution in [3.05, 3.63) is 47.0 Å². The van der Waals surface area contributed by atoms with Gasteiger partial charge in [0.25, 0.3) is 0 Å². The van der Waals surface area contributed by atoms with Gasteiger partial charge in [-0.3, -0.25) is 4.79 Å². The predicted octanol–water partition coefficient (Wildman–Crippen LogP) is 2.81. The summed E-state index contributed by atoms with van der Waals surface area (Å²) in [5.74, 6) is -0.155. The maximum atomic E-state index is 11.0. The first kappa shape index (κ1) is 11.0. The molecule has 0 aliphatic carbocycles. The van der Waals surface area contributed by atoms with E-state index in [0.717, 1.165) is 10.0 Å². The Morgan fingerprint density at radius 3 is 2.93 bits per heavy atom. The van der Waals surface area contributed by atoms with Gasteiger partial charge in [-0.05, 0) is 30.7 Å². The molecule has 0 fully saturated rings. The first-order valence-electron chi connectivity index (χ1n) is 4.32. The molecule has 1 rings (SSSR count). The Balaban J connectivity index is 2.74. The van der Waals surface area contributed by atoms with Gasteiger partial charge in [-0.15, -0.1) is 0 Å². The summed E-state index contributed by atoms with van der Waals surface area (Å²) in [6.45, 7) is 5.34. The van der Waals surface area contributed by atoms with E-state index in [0.29, 0.717) is 0 Å². The number of halogens is 1. The highest BCUT2D eigenvalue weighted by atomic mass is 79.9. The minimum absolute atomic E-state index is 0.00185. The normalized spacial score (nSPS) is 11.9. The summed E-state index contributed by atoms with van der Waals surface area (Å²) < 4.78 is 1.01. The van der Waals surface area contributed by atoms with Crippen molar-refractivity contribution in [2.75, 3.05) is 0 Å². The minimum Gasteiger partial charge on any atom is -0.346 e. The number of hydrogen-bond donors (Lipinski definition) is 1. The Kier molecular flexibility index (Phi) is 3.89. The summed E-state index contributed by atoms with van der Waals surface area (Å²) in [5, 5.41) is 2.80. The number of amides is 1. The monoisotopic (exact) mass is 253 g/mol. The Morgan fingerprint density at radius 2 is 2.36 bits per heavy atom. The Labute approximate surface area is 92.1 Å². The molecule has 2 nitrogen and oxygen atoms in total. The van der Waals surface area contributed by atoms with Crippen LogP contribution in [0, 0.1) is 0 Å². The van der Waals surface area contributed by atoms with Crippen LogP contribution >= 0.6 is 15.9 Å². The SMILES string of the molecule is C=CC(=O)N[C@@H](C)c1cccc(Br)c1. The van der Waals surface area contributed by atoms with Crippen molar-refractivity contribution in [1.29, 1.82) is 0 Å². The van der Waals surface area contributed by atoms with E-state index >= 15 is 0 Å². The molecule has 0 aromatic heterocycles. The zero-order valence-corrected chi connectivity index (χ0v) is 9.54. The molecule has 3 heteroatoms. The van der Waals surface area contributed by atoms with E-state index < -0.39 is 0 Å². The minimum atomic E-state index is -0.155. The van der Waals surface area contributed by atoms with Gasteiger partial charge in [0.2, 0.25) is 5.91 Å². The van der Waals surface area contributed by atoms with E-state index in [-0.39, 0.29) is 11.9 Å². The molecule has 0 saturated carbocycles. The molecule has 1 N–H and O–H groups in total. The van der Waals surface area contributed by atoms with Crippen molar-refractivity contribution in [2.24, 2.45) is 0 Å². The Bertz CT molecular complexity index is 349. The highest BCUT2D eigenvalue weighted by molar-refractivity contribution is 9.10. The standard InChI is InChI=1S/C11H12BrNO/c1-3-11(14)13-8(2)9-5-4-6-10(12)7-9/h3-8H,1H2,2H3,(H,13,14)/t8-/m0/s1. The van der Waals surface area contributed by atoms with E-state index in [9.17, 15) is 4.79 Å². The van der Waals surface area contributed by atoms with Crippen LogP contribution in [0.1, 0.15) is 18.5 Å². The fraction of sp³-hybridized carbons (Fsp3) is 0.182. The van der Waals surface area contributed by atoms with Gasteiger partial charge < -0.3 is 5.32 Å². The first-order valence-corrected chi connectivity index (χ1v) is 5.11. The van der Waals surface area contributed by atoms with Gasteiger partial charge in [-0.1, -0.05) is 34.6 Å². The summed E-state index contributed by atoms with van der Waals surface area (Å²) >= 11 is 3.38. The molecule has 74 valence electrons. The van der Waals surface area contributed by atoms with Gasteiger partial charge >= 0.3 is 0 Å². The molecule has 0 radical (unpaired) electrons. The van der Waals surface area contributed by atoms with E-state index in [1.54, 1.807) is 0 Å². The fourth-order valence-corrected chi connectivity index (χ4v) is 1.55. The molecular weight excluding hydrogens is 242 g/mol. The van der Waals surface area contributed by atoms with Crippen molar-refractivity contribution < 1.29 is 4.79 Å². The second-order valence-corrected chi connectivity index (χ2v) is 3.91. The third-order valence-corrected chi connectivity index (χ3v) is 2.39. The number of carbonyl (C=O) groups excluding carboxylic acids is 1. The lowest BCUT2D eigenvalue weighted by molar-refractivity contribution is -0.117. The molecule has 1 atom stereocenters. The maximum Gasteiger partial charge on any atom is 0.243 e. The third-order valence-electron chi connectivity index (χ3n) is 1.89. The molecule has 0 bridgehead atoms. The van der Waals surface area contributed by atoms with E-state index in [2.05, 4.69) is 27.8 Å². The lowest BCUT2D eigenvalue weighted by Gasteiger charge is -2.12. The topological polar surface area (TPSA) is 29.1 Å². The highest BCUT2D eigenvalue weighted by Crippen LogP contribution is 2.17. The zero-order chi connectivity index (χ0) is 10.6. The van der Waals surface area contributed by atoms with Crippen molar-refractivity contribution in [1.82, 2.24) is 5.32 Å². The van der Waals surface area contributed by atoms with Crippen LogP contribution in [0.4, 0.5) is 0 Å². The second-order valence-electron chi connectivity index (χ2n) is 2.99. The van der Waals surface area contributed by atoms with Gasteiger partial charge in [0.15, 0.2) is 0 Å². The van der Waals surface area contributed by atoms with Crippen LogP contribution < -0.4 is 5.32 Å². The van der Waals surface area contributed by atoms with E-state index in [1.807, 2.05) is 31.2 Å². The van der Waals surface area contributed by atoms with Gasteiger partial charge in [-0.25, -0.2) is 0 Å². The van der Waals surface area contributed by atoms with Crippen molar-refractivity contribution in [3.63, 3.8) is 0 Å². The molecule has 0 heterocycles. The molecule has 1 amide bonds. The van der Waals surface area contributed by atoms with Crippen LogP contribution in [0.2, 0.25) is 0 Å². The number of rotatable bonds is 3. The van der Waals surface area contributed by atoms with Crippen LogP contribution in [-0.4, -0.2) is 5.91 Å². The number of benzene rings is 1. The summed E-state index contributed by atoms with van der Waals surface area (Å²) in [6, 6.07) is 7.84. The molecule has 1 aromatic carbocycles. The molecule has 0 unspecified atom stereocenters. The van der Waals surface area contributed by atoms with E-state index in [4.69, 9.17) is 0 Å². The molecule has 0 saturated heterocycles. The smallest absolute Gasteiger partial charge is 0.243 e. The van der Waals surface area contributed by atoms with Crippen LogP contribution in [-0.2, 0) is 4.79 Å². The lowest BCUT2D eigenvalue weighted by Crippen LogP contribution is -2.24. The molecule has 1 aromatic rings. The predicted molar refractivity (Wildman–Crippen MR) is 60.9 cm³/mol. The average molecular weight is 254 g/mol. The van der Waals surface area contributed by atoms with Gasteiger partial charge in [0.05, 0.1) is 6.04 Å². The number of carbonyl (C=O) groups is 1. The maximum absolute atomic E-state index is 11.0. The van der Waals surface area contributed by atoms with E-state index in [1.165, 1.54) is 6.08 Å². The van der Waals surface area contributed by atoms with Crippen LogP contribution in [0.25, 0.3) is 0 Å². The lowest BCUT2D eigenvalue weighted by atomic mass is 10.1. The average Bonchev–Trinajstić information content (AvgIpc) is 2.17. The molecule has 14 heavy (non-hydrogen) atoms. The fourth-order valence-electron chi connectivity index (χ4n) is 1.13. The zero-order valence-electron chi connectivity index (χ0n) is 7.96. The molecule has 0 spiro atoms.